The molecule has 1 N–H and O–H groups in total. The summed E-state index contributed by atoms with van der Waals surface area (Å²) in [5.74, 6) is 0.276. The lowest BCUT2D eigenvalue weighted by Gasteiger charge is -2.12. The first-order valence-electron chi connectivity index (χ1n) is 7.97. The Morgan fingerprint density at radius 1 is 1.48 bits per heavy atom. The average Bonchev–Trinajstić information content (AvgIpc) is 3.07. The summed E-state index contributed by atoms with van der Waals surface area (Å²) in [5.41, 5.74) is 2.34. The van der Waals surface area contributed by atoms with Gasteiger partial charge in [-0.15, -0.1) is 0 Å². The fourth-order valence-corrected chi connectivity index (χ4v) is 2.91. The molecule has 122 valence electrons. The zero-order valence-corrected chi connectivity index (χ0v) is 13.5. The molecule has 0 spiro atoms. The Balaban J connectivity index is 1.86. The molecule has 1 aliphatic rings. The number of carbonyl (C=O) groups is 1. The summed E-state index contributed by atoms with van der Waals surface area (Å²) < 4.78 is 6.98. The van der Waals surface area contributed by atoms with Gasteiger partial charge in [-0.1, -0.05) is 0 Å². The Kier molecular flexibility index (Phi) is 4.43. The van der Waals surface area contributed by atoms with Crippen LogP contribution in [0.4, 0.5) is 0 Å². The summed E-state index contributed by atoms with van der Waals surface area (Å²) in [6.45, 7) is 6.30. The van der Waals surface area contributed by atoms with E-state index in [2.05, 4.69) is 10.3 Å². The molecule has 6 heteroatoms. The van der Waals surface area contributed by atoms with Crippen LogP contribution in [0.5, 0.6) is 0 Å². The number of amides is 1. The molecule has 23 heavy (non-hydrogen) atoms. The molecule has 1 saturated heterocycles. The summed E-state index contributed by atoms with van der Waals surface area (Å²) in [5, 5.41) is 2.94. The minimum Gasteiger partial charge on any atom is -0.381 e. The number of aromatic nitrogens is 2. The van der Waals surface area contributed by atoms with Crippen molar-refractivity contribution in [2.75, 3.05) is 19.8 Å². The molecule has 0 bridgehead atoms. The zero-order valence-electron chi connectivity index (χ0n) is 13.5. The van der Waals surface area contributed by atoms with Gasteiger partial charge in [-0.05, 0) is 38.5 Å². The van der Waals surface area contributed by atoms with E-state index < -0.39 is 0 Å². The average molecular weight is 315 g/mol. The molecule has 3 rings (SSSR count). The molecule has 1 aliphatic heterocycles. The van der Waals surface area contributed by atoms with Gasteiger partial charge in [0, 0.05) is 31.2 Å². The lowest BCUT2D eigenvalue weighted by Crippen LogP contribution is -2.29. The molecule has 0 unspecified atom stereocenters. The first kappa shape index (κ1) is 15.7. The molecule has 1 amide bonds. The van der Waals surface area contributed by atoms with E-state index >= 15 is 0 Å². The number of rotatable bonds is 4. The third-order valence-electron chi connectivity index (χ3n) is 4.26. The third-order valence-corrected chi connectivity index (χ3v) is 4.26. The first-order chi connectivity index (χ1) is 11.1. The monoisotopic (exact) mass is 315 g/mol. The summed E-state index contributed by atoms with van der Waals surface area (Å²) in [4.78, 5) is 28.7. The molecule has 0 saturated carbocycles. The molecule has 2 aromatic rings. The fraction of sp³-hybridized carbons (Fsp3) is 0.471. The number of ether oxygens (including phenoxy) is 1. The van der Waals surface area contributed by atoms with Gasteiger partial charge in [0.1, 0.15) is 5.69 Å². The Morgan fingerprint density at radius 3 is 3.00 bits per heavy atom. The highest BCUT2D eigenvalue weighted by atomic mass is 16.5. The van der Waals surface area contributed by atoms with Crippen molar-refractivity contribution < 1.29 is 9.53 Å². The first-order valence-corrected chi connectivity index (χ1v) is 7.97. The number of carbonyl (C=O) groups excluding carboxylic acids is 1. The summed E-state index contributed by atoms with van der Waals surface area (Å²) >= 11 is 0. The van der Waals surface area contributed by atoms with Gasteiger partial charge in [0.15, 0.2) is 0 Å². The Labute approximate surface area is 134 Å². The Hall–Kier alpha value is -2.21. The molecule has 1 aromatic carbocycles. The fourth-order valence-electron chi connectivity index (χ4n) is 2.91. The van der Waals surface area contributed by atoms with Crippen LogP contribution >= 0.6 is 0 Å². The van der Waals surface area contributed by atoms with Crippen molar-refractivity contribution in [1.82, 2.24) is 14.9 Å². The summed E-state index contributed by atoms with van der Waals surface area (Å²) in [6.07, 6.45) is 0.988. The van der Waals surface area contributed by atoms with Gasteiger partial charge < -0.3 is 14.6 Å². The van der Waals surface area contributed by atoms with Crippen molar-refractivity contribution in [1.29, 1.82) is 0 Å². The predicted molar refractivity (Wildman–Crippen MR) is 87.7 cm³/mol. The number of hydrogen-bond donors (Lipinski definition) is 1. The molecule has 1 aromatic heterocycles. The molecule has 2 heterocycles. The minimum absolute atomic E-state index is 0.0848. The maximum Gasteiger partial charge on any atom is 0.272 e. The van der Waals surface area contributed by atoms with E-state index in [1.54, 1.807) is 29.7 Å². The van der Waals surface area contributed by atoms with Crippen molar-refractivity contribution in [3.8, 4) is 0 Å². The molecule has 1 atom stereocenters. The smallest absolute Gasteiger partial charge is 0.272 e. The highest BCUT2D eigenvalue weighted by Gasteiger charge is 2.17. The van der Waals surface area contributed by atoms with Gasteiger partial charge in [-0.25, -0.2) is 4.98 Å². The van der Waals surface area contributed by atoms with Gasteiger partial charge in [0.2, 0.25) is 0 Å². The highest BCUT2D eigenvalue weighted by Crippen LogP contribution is 2.14. The molecular weight excluding hydrogens is 294 g/mol. The number of benzene rings is 1. The lowest BCUT2D eigenvalue weighted by atomic mass is 10.1. The van der Waals surface area contributed by atoms with Crippen LogP contribution in [-0.4, -0.2) is 35.2 Å². The maximum absolute atomic E-state index is 12.3. The Bertz CT molecular complexity index is 792. The maximum atomic E-state index is 12.3. The molecule has 0 aliphatic carbocycles. The summed E-state index contributed by atoms with van der Waals surface area (Å²) in [6, 6.07) is 5.28. The topological polar surface area (TPSA) is 73.2 Å². The molecule has 0 radical (unpaired) electrons. The van der Waals surface area contributed by atoms with Crippen LogP contribution in [0.3, 0.4) is 0 Å². The van der Waals surface area contributed by atoms with Gasteiger partial charge in [0.05, 0.1) is 17.6 Å². The van der Waals surface area contributed by atoms with Crippen molar-refractivity contribution >= 4 is 16.9 Å². The van der Waals surface area contributed by atoms with Crippen LogP contribution in [0.1, 0.15) is 29.4 Å². The number of fused-ring (bicyclic) bond motifs is 1. The van der Waals surface area contributed by atoms with E-state index in [4.69, 9.17) is 4.74 Å². The van der Waals surface area contributed by atoms with Gasteiger partial charge in [0.25, 0.3) is 11.5 Å². The predicted octanol–water partition coefficient (Wildman–Crippen LogP) is 1.49. The minimum atomic E-state index is -0.118. The van der Waals surface area contributed by atoms with Gasteiger partial charge >= 0.3 is 0 Å². The lowest BCUT2D eigenvalue weighted by molar-refractivity contribution is 0.0945. The second kappa shape index (κ2) is 6.50. The largest absolute Gasteiger partial charge is 0.381 e. The highest BCUT2D eigenvalue weighted by molar-refractivity contribution is 5.97. The van der Waals surface area contributed by atoms with Crippen LogP contribution in [0.15, 0.2) is 23.0 Å². The van der Waals surface area contributed by atoms with Crippen molar-refractivity contribution in [3.05, 3.63) is 39.8 Å². The second-order valence-corrected chi connectivity index (χ2v) is 5.89. The van der Waals surface area contributed by atoms with E-state index in [1.165, 1.54) is 0 Å². The standard InChI is InChI=1S/C17H21N3O3/c1-3-20-15-5-4-13(8-14(15)19-11(2)17(20)22)16(21)18-9-12-6-7-23-10-12/h4-5,8,12H,3,6-7,9-10H2,1-2H3,(H,18,21)/t12-/m1/s1. The van der Waals surface area contributed by atoms with Crippen molar-refractivity contribution in [3.63, 3.8) is 0 Å². The Morgan fingerprint density at radius 2 is 2.30 bits per heavy atom. The molecule has 6 nitrogen and oxygen atoms in total. The quantitative estimate of drug-likeness (QED) is 0.928. The van der Waals surface area contributed by atoms with E-state index in [9.17, 15) is 9.59 Å². The summed E-state index contributed by atoms with van der Waals surface area (Å²) in [7, 11) is 0. The van der Waals surface area contributed by atoms with Crippen LogP contribution in [0, 0.1) is 12.8 Å². The van der Waals surface area contributed by atoms with E-state index in [-0.39, 0.29) is 11.5 Å². The van der Waals surface area contributed by atoms with Crippen molar-refractivity contribution in [2.24, 2.45) is 5.92 Å². The molecule has 1 fully saturated rings. The van der Waals surface area contributed by atoms with Crippen molar-refractivity contribution in [2.45, 2.75) is 26.8 Å². The SMILES string of the molecule is CCn1c(=O)c(C)nc2cc(C(=O)NC[C@H]3CCOC3)ccc21. The van der Waals surface area contributed by atoms with E-state index in [0.29, 0.717) is 42.4 Å². The number of nitrogens with zero attached hydrogens (tertiary/aromatic N) is 2. The van der Waals surface area contributed by atoms with Crippen LogP contribution < -0.4 is 10.9 Å². The van der Waals surface area contributed by atoms with Crippen LogP contribution in [0.2, 0.25) is 0 Å². The number of hydrogen-bond acceptors (Lipinski definition) is 4. The number of aryl methyl sites for hydroxylation is 2. The molecular formula is C17H21N3O3. The second-order valence-electron chi connectivity index (χ2n) is 5.89. The third kappa shape index (κ3) is 3.12. The normalized spacial score (nSPS) is 17.6. The van der Waals surface area contributed by atoms with Gasteiger partial charge in [-0.3, -0.25) is 9.59 Å². The van der Waals surface area contributed by atoms with E-state index in [1.807, 2.05) is 6.92 Å². The number of nitrogens with one attached hydrogen (secondary N) is 1. The van der Waals surface area contributed by atoms with E-state index in [0.717, 1.165) is 18.5 Å². The van der Waals surface area contributed by atoms with Gasteiger partial charge in [-0.2, -0.15) is 0 Å². The zero-order chi connectivity index (χ0) is 16.4. The van der Waals surface area contributed by atoms with Crippen LogP contribution in [-0.2, 0) is 11.3 Å². The van der Waals surface area contributed by atoms with Crippen LogP contribution in [0.25, 0.3) is 11.0 Å².